The minimum Gasteiger partial charge on any atom is -0.508 e. The summed E-state index contributed by atoms with van der Waals surface area (Å²) in [4.78, 5) is 45.0. The number of hydrogen-bond acceptors (Lipinski definition) is 6. The molecule has 0 bridgehead atoms. The normalized spacial score (nSPS) is 18.0. The van der Waals surface area contributed by atoms with Gasteiger partial charge >= 0.3 is 6.03 Å². The van der Waals surface area contributed by atoms with E-state index >= 15 is 0 Å². The topological polar surface area (TPSA) is 106 Å². The number of ether oxygens (including phenoxy) is 1. The molecule has 6 rings (SSSR count). The third kappa shape index (κ3) is 6.25. The summed E-state index contributed by atoms with van der Waals surface area (Å²) in [6, 6.07) is 27.0. The van der Waals surface area contributed by atoms with Gasteiger partial charge in [0.15, 0.2) is 0 Å². The largest absolute Gasteiger partial charge is 0.508 e. The Morgan fingerprint density at radius 2 is 1.72 bits per heavy atom. The first-order valence-corrected chi connectivity index (χ1v) is 15.3. The Bertz CT molecular complexity index is 1740. The molecule has 46 heavy (non-hydrogen) atoms. The third-order valence-electron chi connectivity index (χ3n) is 8.62. The number of phenols is 1. The highest BCUT2D eigenvalue weighted by molar-refractivity contribution is 5.92. The number of fused-ring (bicyclic) bond motifs is 2. The number of amides is 4. The van der Waals surface area contributed by atoms with Crippen molar-refractivity contribution < 1.29 is 24.2 Å². The zero-order valence-corrected chi connectivity index (χ0v) is 25.7. The highest BCUT2D eigenvalue weighted by Gasteiger charge is 2.52. The van der Waals surface area contributed by atoms with Gasteiger partial charge in [-0.25, -0.2) is 4.79 Å². The Hall–Kier alpha value is -5.35. The van der Waals surface area contributed by atoms with Crippen molar-refractivity contribution >= 4 is 28.6 Å². The lowest BCUT2D eigenvalue weighted by atomic mass is 9.99. The average molecular weight is 620 g/mol. The zero-order chi connectivity index (χ0) is 32.2. The second-order valence-corrected chi connectivity index (χ2v) is 11.5. The molecule has 2 N–H and O–H groups in total. The van der Waals surface area contributed by atoms with Crippen molar-refractivity contribution in [1.29, 1.82) is 0 Å². The van der Waals surface area contributed by atoms with E-state index in [0.717, 1.165) is 33.2 Å². The van der Waals surface area contributed by atoms with Gasteiger partial charge in [-0.15, -0.1) is 6.58 Å². The maximum atomic E-state index is 14.2. The fourth-order valence-corrected chi connectivity index (χ4v) is 6.32. The van der Waals surface area contributed by atoms with Crippen LogP contribution >= 0.6 is 0 Å². The number of piperazine rings is 1. The zero-order valence-electron chi connectivity index (χ0n) is 25.7. The lowest BCUT2D eigenvalue weighted by Gasteiger charge is -2.46. The van der Waals surface area contributed by atoms with Crippen molar-refractivity contribution in [3.05, 3.63) is 120 Å². The fourth-order valence-electron chi connectivity index (χ4n) is 6.32. The standard InChI is InChI=1S/C36H37N5O5/c1-3-19-39(36(45)37-21-26-13-17-30(46-2)18-14-26)40-24-34(43)41-32(20-25-11-15-29(42)16-12-25)35(44)38(23-33(40)41)22-28-9-6-8-27-7-4-5-10-31(27)28/h3-18,32-33,42H,1,19-24H2,2H3,(H,37,45)/t32-,33+/m0/s1. The van der Waals surface area contributed by atoms with Crippen LogP contribution in [0.1, 0.15) is 16.7 Å². The molecule has 0 saturated carbocycles. The van der Waals surface area contributed by atoms with Crippen LogP contribution in [0.3, 0.4) is 0 Å². The SMILES string of the molecule is C=CCN(C(=O)NCc1ccc(OC)cc1)N1CC(=O)N2[C@@H](Cc3ccc(O)cc3)C(=O)N(Cc3cccc4ccccc34)C[C@@H]21. The highest BCUT2D eigenvalue weighted by atomic mass is 16.5. The molecule has 4 aromatic carbocycles. The Morgan fingerprint density at radius 1 is 1.00 bits per heavy atom. The molecule has 0 aliphatic carbocycles. The van der Waals surface area contributed by atoms with Gasteiger partial charge in [-0.3, -0.25) is 14.6 Å². The van der Waals surface area contributed by atoms with Crippen molar-refractivity contribution in [2.75, 3.05) is 26.7 Å². The van der Waals surface area contributed by atoms with Gasteiger partial charge < -0.3 is 25.0 Å². The first kappa shape index (κ1) is 30.7. The monoisotopic (exact) mass is 619 g/mol. The molecular weight excluding hydrogens is 582 g/mol. The average Bonchev–Trinajstić information content (AvgIpc) is 3.40. The number of hydrazine groups is 1. The van der Waals surface area contributed by atoms with E-state index in [4.69, 9.17) is 4.74 Å². The number of phenolic OH excluding ortho intramolecular Hbond substituents is 1. The molecule has 2 fully saturated rings. The molecule has 0 unspecified atom stereocenters. The lowest BCUT2D eigenvalue weighted by Crippen LogP contribution is -2.66. The first-order valence-electron chi connectivity index (χ1n) is 15.3. The number of aromatic hydroxyl groups is 1. The third-order valence-corrected chi connectivity index (χ3v) is 8.62. The van der Waals surface area contributed by atoms with Gasteiger partial charge in [0.25, 0.3) is 0 Å². The van der Waals surface area contributed by atoms with Crippen LogP contribution in [0.25, 0.3) is 10.8 Å². The van der Waals surface area contributed by atoms with Crippen LogP contribution in [0.5, 0.6) is 11.5 Å². The number of nitrogens with one attached hydrogen (secondary N) is 1. The molecule has 2 aliphatic rings. The predicted octanol–water partition coefficient (Wildman–Crippen LogP) is 4.29. The summed E-state index contributed by atoms with van der Waals surface area (Å²) in [7, 11) is 1.60. The van der Waals surface area contributed by atoms with Gasteiger partial charge in [0.1, 0.15) is 23.7 Å². The minimum absolute atomic E-state index is 0.0596. The van der Waals surface area contributed by atoms with E-state index in [1.807, 2.05) is 66.7 Å². The van der Waals surface area contributed by atoms with Crippen LogP contribution in [-0.4, -0.2) is 81.7 Å². The van der Waals surface area contributed by atoms with Gasteiger partial charge in [-0.05, 0) is 51.7 Å². The van der Waals surface area contributed by atoms with Gasteiger partial charge in [-0.2, -0.15) is 5.01 Å². The maximum absolute atomic E-state index is 14.2. The van der Waals surface area contributed by atoms with Crippen molar-refractivity contribution in [3.8, 4) is 11.5 Å². The predicted molar refractivity (Wildman–Crippen MR) is 174 cm³/mol. The van der Waals surface area contributed by atoms with Gasteiger partial charge in [-0.1, -0.05) is 72.8 Å². The number of methoxy groups -OCH3 is 1. The second kappa shape index (κ2) is 13.3. The molecule has 2 heterocycles. The van der Waals surface area contributed by atoms with Crippen LogP contribution in [-0.2, 0) is 29.1 Å². The summed E-state index contributed by atoms with van der Waals surface area (Å²) in [6.45, 7) is 4.82. The van der Waals surface area contributed by atoms with E-state index in [9.17, 15) is 19.5 Å². The van der Waals surface area contributed by atoms with Gasteiger partial charge in [0.05, 0.1) is 26.7 Å². The van der Waals surface area contributed by atoms with E-state index < -0.39 is 12.2 Å². The summed E-state index contributed by atoms with van der Waals surface area (Å²) in [5.41, 5.74) is 2.71. The van der Waals surface area contributed by atoms with Crippen LogP contribution in [0.15, 0.2) is 104 Å². The maximum Gasteiger partial charge on any atom is 0.332 e. The number of carbonyl (C=O) groups is 3. The van der Waals surface area contributed by atoms with Crippen LogP contribution < -0.4 is 10.1 Å². The molecule has 4 aromatic rings. The summed E-state index contributed by atoms with van der Waals surface area (Å²) < 4.78 is 5.23. The van der Waals surface area contributed by atoms with Crippen LogP contribution in [0, 0.1) is 0 Å². The quantitative estimate of drug-likeness (QED) is 0.257. The molecule has 0 radical (unpaired) electrons. The van der Waals surface area contributed by atoms with E-state index in [-0.39, 0.29) is 56.2 Å². The molecule has 4 amide bonds. The molecule has 0 aromatic heterocycles. The van der Waals surface area contributed by atoms with Crippen molar-refractivity contribution in [1.82, 2.24) is 25.1 Å². The summed E-state index contributed by atoms with van der Waals surface area (Å²) in [6.07, 6.45) is 1.32. The number of rotatable bonds is 10. The molecule has 2 aliphatic heterocycles. The summed E-state index contributed by atoms with van der Waals surface area (Å²) in [5, 5.41) is 18.2. The minimum atomic E-state index is -0.788. The summed E-state index contributed by atoms with van der Waals surface area (Å²) in [5.74, 6) is 0.453. The number of carbonyl (C=O) groups excluding carboxylic acids is 3. The van der Waals surface area contributed by atoms with Crippen molar-refractivity contribution in [3.63, 3.8) is 0 Å². The molecule has 10 heteroatoms. The molecule has 10 nitrogen and oxygen atoms in total. The van der Waals surface area contributed by atoms with Crippen molar-refractivity contribution in [2.24, 2.45) is 0 Å². The fraction of sp³-hybridized carbons (Fsp3) is 0.250. The smallest absolute Gasteiger partial charge is 0.332 e. The lowest BCUT2D eigenvalue weighted by molar-refractivity contribution is -0.157. The van der Waals surface area contributed by atoms with Crippen molar-refractivity contribution in [2.45, 2.75) is 31.7 Å². The van der Waals surface area contributed by atoms with Crippen LogP contribution in [0.2, 0.25) is 0 Å². The highest BCUT2D eigenvalue weighted by Crippen LogP contribution is 2.31. The summed E-state index contributed by atoms with van der Waals surface area (Å²) >= 11 is 0. The number of hydrogen-bond donors (Lipinski definition) is 2. The number of urea groups is 1. The van der Waals surface area contributed by atoms with Gasteiger partial charge in [0, 0.05) is 19.5 Å². The number of benzene rings is 4. The Balaban J connectivity index is 1.30. The molecule has 2 saturated heterocycles. The Labute approximate surface area is 268 Å². The molecular formula is C36H37N5O5. The molecule has 0 spiro atoms. The molecule has 2 atom stereocenters. The van der Waals surface area contributed by atoms with E-state index in [0.29, 0.717) is 6.54 Å². The van der Waals surface area contributed by atoms with Gasteiger partial charge in [0.2, 0.25) is 11.8 Å². The second-order valence-electron chi connectivity index (χ2n) is 11.5. The molecule has 236 valence electrons. The van der Waals surface area contributed by atoms with E-state index in [2.05, 4.69) is 11.9 Å². The first-order chi connectivity index (χ1) is 22.4. The van der Waals surface area contributed by atoms with E-state index in [1.165, 1.54) is 5.01 Å². The number of nitrogens with zero attached hydrogens (tertiary/aromatic N) is 4. The Kier molecular flexibility index (Phi) is 8.89. The Morgan fingerprint density at radius 3 is 2.46 bits per heavy atom. The van der Waals surface area contributed by atoms with Crippen LogP contribution in [0.4, 0.5) is 4.79 Å². The van der Waals surface area contributed by atoms with E-state index in [1.54, 1.807) is 52.3 Å².